The van der Waals surface area contributed by atoms with Crippen molar-refractivity contribution in [2.24, 2.45) is 22.7 Å². The van der Waals surface area contributed by atoms with Gasteiger partial charge in [-0.05, 0) is 50.4 Å². The van der Waals surface area contributed by atoms with Crippen molar-refractivity contribution in [1.29, 1.82) is 0 Å². The molecular formula is C27H46N2. The number of fused-ring (bicyclic) bond motifs is 8. The lowest BCUT2D eigenvalue weighted by atomic mass is 9.65. The lowest BCUT2D eigenvalue weighted by molar-refractivity contribution is 0.0481. The Morgan fingerprint density at radius 1 is 0.483 bits per heavy atom. The Bertz CT molecular complexity index is 555. The highest BCUT2D eigenvalue weighted by Gasteiger charge is 2.51. The summed E-state index contributed by atoms with van der Waals surface area (Å²) >= 11 is 0. The molecule has 29 heavy (non-hydrogen) atoms. The SMILES string of the molecule is C1CCCC2C3=NC4CCCCCCCC4N3C3CCCCCCC3C2CCC1. The van der Waals surface area contributed by atoms with E-state index in [1.165, 1.54) is 128 Å². The fourth-order valence-corrected chi connectivity index (χ4v) is 8.07. The van der Waals surface area contributed by atoms with Gasteiger partial charge in [0.15, 0.2) is 0 Å². The molecule has 2 heteroatoms. The van der Waals surface area contributed by atoms with Crippen LogP contribution < -0.4 is 0 Å². The maximum atomic E-state index is 5.65. The number of aliphatic imine (C=N–C) groups is 1. The summed E-state index contributed by atoms with van der Waals surface area (Å²) in [5.74, 6) is 4.39. The summed E-state index contributed by atoms with van der Waals surface area (Å²) in [6.45, 7) is 0. The molecule has 0 aromatic rings. The summed E-state index contributed by atoms with van der Waals surface area (Å²) < 4.78 is 0. The van der Waals surface area contributed by atoms with Gasteiger partial charge < -0.3 is 4.90 Å². The second-order valence-electron chi connectivity index (χ2n) is 11.2. The predicted octanol–water partition coefficient (Wildman–Crippen LogP) is 7.51. The maximum Gasteiger partial charge on any atom is 0.103 e. The average Bonchev–Trinajstić information content (AvgIpc) is 3.13. The summed E-state index contributed by atoms with van der Waals surface area (Å²) in [7, 11) is 0. The van der Waals surface area contributed by atoms with Crippen LogP contribution in [0.15, 0.2) is 4.99 Å². The van der Waals surface area contributed by atoms with E-state index in [1.807, 2.05) is 0 Å². The average molecular weight is 399 g/mol. The van der Waals surface area contributed by atoms with Gasteiger partial charge in [-0.25, -0.2) is 0 Å². The molecule has 3 saturated carbocycles. The second kappa shape index (κ2) is 9.73. The molecule has 2 aliphatic heterocycles. The minimum Gasteiger partial charge on any atom is -0.352 e. The number of rotatable bonds is 0. The molecule has 0 N–H and O–H groups in total. The predicted molar refractivity (Wildman–Crippen MR) is 123 cm³/mol. The van der Waals surface area contributed by atoms with Crippen molar-refractivity contribution in [1.82, 2.24) is 4.90 Å². The number of hydrogen-bond acceptors (Lipinski definition) is 2. The molecule has 0 bridgehead atoms. The fraction of sp³-hybridized carbons (Fsp3) is 0.963. The van der Waals surface area contributed by atoms with Crippen molar-refractivity contribution in [3.05, 3.63) is 0 Å². The zero-order valence-electron chi connectivity index (χ0n) is 19.0. The third-order valence-electron chi connectivity index (χ3n) is 9.45. The van der Waals surface area contributed by atoms with Crippen molar-refractivity contribution in [3.63, 3.8) is 0 Å². The van der Waals surface area contributed by atoms with Crippen LogP contribution in [0.1, 0.15) is 128 Å². The summed E-state index contributed by atoms with van der Waals surface area (Å²) in [4.78, 5) is 8.70. The maximum absolute atomic E-state index is 5.65. The normalized spacial score (nSPS) is 41.9. The molecule has 5 aliphatic rings. The first-order valence-electron chi connectivity index (χ1n) is 13.8. The monoisotopic (exact) mass is 398 g/mol. The van der Waals surface area contributed by atoms with Crippen LogP contribution in [0.3, 0.4) is 0 Å². The largest absolute Gasteiger partial charge is 0.352 e. The van der Waals surface area contributed by atoms with Crippen LogP contribution in [0.25, 0.3) is 0 Å². The van der Waals surface area contributed by atoms with E-state index < -0.39 is 0 Å². The van der Waals surface area contributed by atoms with Gasteiger partial charge in [0.2, 0.25) is 0 Å². The first-order valence-corrected chi connectivity index (χ1v) is 13.8. The Morgan fingerprint density at radius 2 is 1.00 bits per heavy atom. The number of amidine groups is 1. The molecule has 164 valence electrons. The van der Waals surface area contributed by atoms with Gasteiger partial charge in [0.25, 0.3) is 0 Å². The van der Waals surface area contributed by atoms with Gasteiger partial charge in [0.1, 0.15) is 5.84 Å². The zero-order chi connectivity index (χ0) is 19.5. The lowest BCUT2D eigenvalue weighted by Crippen LogP contribution is -2.58. The van der Waals surface area contributed by atoms with Crippen molar-refractivity contribution in [2.45, 2.75) is 147 Å². The van der Waals surface area contributed by atoms with Crippen LogP contribution in [-0.2, 0) is 0 Å². The quantitative estimate of drug-likeness (QED) is 0.412. The van der Waals surface area contributed by atoms with Gasteiger partial charge in [0, 0.05) is 12.0 Å². The molecule has 0 amide bonds. The van der Waals surface area contributed by atoms with Gasteiger partial charge in [-0.15, -0.1) is 0 Å². The fourth-order valence-electron chi connectivity index (χ4n) is 8.07. The molecule has 2 heterocycles. The van der Waals surface area contributed by atoms with Gasteiger partial charge in [-0.2, -0.15) is 0 Å². The molecule has 0 aromatic carbocycles. The molecule has 2 nitrogen and oxygen atoms in total. The molecule has 6 atom stereocenters. The number of hydrogen-bond donors (Lipinski definition) is 0. The molecule has 0 spiro atoms. The molecular weight excluding hydrogens is 352 g/mol. The van der Waals surface area contributed by atoms with Crippen LogP contribution in [0.2, 0.25) is 0 Å². The van der Waals surface area contributed by atoms with Crippen molar-refractivity contribution < 1.29 is 0 Å². The summed E-state index contributed by atoms with van der Waals surface area (Å²) in [6.07, 6.45) is 29.3. The summed E-state index contributed by atoms with van der Waals surface area (Å²) in [5.41, 5.74) is 0. The molecule has 0 aromatic heterocycles. The molecule has 4 fully saturated rings. The van der Waals surface area contributed by atoms with Crippen molar-refractivity contribution in [2.75, 3.05) is 0 Å². The van der Waals surface area contributed by atoms with E-state index in [0.717, 1.165) is 29.8 Å². The van der Waals surface area contributed by atoms with E-state index in [1.54, 1.807) is 5.84 Å². The van der Waals surface area contributed by atoms with Crippen LogP contribution in [0.4, 0.5) is 0 Å². The standard InChI is InChI=1S/C27H46N2/c1-3-9-15-21-22-16-10-7-8-13-19-25(22)29-26-20-14-6-2-5-12-18-24(26)28-27(29)23(21)17-11-4-1/h21-26H,1-20H2. The summed E-state index contributed by atoms with van der Waals surface area (Å²) in [6, 6.07) is 2.25. The molecule has 5 rings (SSSR count). The van der Waals surface area contributed by atoms with Crippen molar-refractivity contribution >= 4 is 5.84 Å². The van der Waals surface area contributed by atoms with Crippen LogP contribution in [0, 0.1) is 17.8 Å². The zero-order valence-corrected chi connectivity index (χ0v) is 19.0. The van der Waals surface area contributed by atoms with Gasteiger partial charge >= 0.3 is 0 Å². The Hall–Kier alpha value is -0.530. The highest BCUT2D eigenvalue weighted by Crippen LogP contribution is 2.49. The summed E-state index contributed by atoms with van der Waals surface area (Å²) in [5, 5.41) is 0. The smallest absolute Gasteiger partial charge is 0.103 e. The highest BCUT2D eigenvalue weighted by molar-refractivity contribution is 5.88. The lowest BCUT2D eigenvalue weighted by Gasteiger charge is -2.53. The Kier molecular flexibility index (Phi) is 6.84. The van der Waals surface area contributed by atoms with Crippen molar-refractivity contribution in [3.8, 4) is 0 Å². The van der Waals surface area contributed by atoms with Gasteiger partial charge in [-0.1, -0.05) is 89.9 Å². The van der Waals surface area contributed by atoms with E-state index in [4.69, 9.17) is 4.99 Å². The topological polar surface area (TPSA) is 15.6 Å². The van der Waals surface area contributed by atoms with Crippen LogP contribution in [-0.4, -0.2) is 28.9 Å². The van der Waals surface area contributed by atoms with Gasteiger partial charge in [0.05, 0.1) is 12.1 Å². The Morgan fingerprint density at radius 3 is 1.72 bits per heavy atom. The van der Waals surface area contributed by atoms with Crippen LogP contribution >= 0.6 is 0 Å². The first kappa shape index (κ1) is 20.4. The molecule has 0 radical (unpaired) electrons. The molecule has 1 saturated heterocycles. The molecule has 6 unspecified atom stereocenters. The second-order valence-corrected chi connectivity index (χ2v) is 11.2. The minimum absolute atomic E-state index is 0.639. The molecule has 3 aliphatic carbocycles. The number of nitrogens with zero attached hydrogens (tertiary/aromatic N) is 2. The Balaban J connectivity index is 1.49. The first-order chi connectivity index (χ1) is 14.4. The van der Waals surface area contributed by atoms with E-state index in [-0.39, 0.29) is 0 Å². The Labute approximate surface area is 180 Å². The third kappa shape index (κ3) is 4.29. The van der Waals surface area contributed by atoms with E-state index in [2.05, 4.69) is 4.90 Å². The third-order valence-corrected chi connectivity index (χ3v) is 9.45. The van der Waals surface area contributed by atoms with Gasteiger partial charge in [-0.3, -0.25) is 4.99 Å². The number of piperidine rings is 1. The minimum atomic E-state index is 0.639. The van der Waals surface area contributed by atoms with Crippen LogP contribution in [0.5, 0.6) is 0 Å². The van der Waals surface area contributed by atoms with E-state index >= 15 is 0 Å². The highest BCUT2D eigenvalue weighted by atomic mass is 15.3. The van der Waals surface area contributed by atoms with E-state index in [0.29, 0.717) is 6.04 Å². The van der Waals surface area contributed by atoms with E-state index in [9.17, 15) is 0 Å².